The number of ether oxygens (including phenoxy) is 2. The summed E-state index contributed by atoms with van der Waals surface area (Å²) in [5.74, 6) is 1.47. The topological polar surface area (TPSA) is 18.5 Å². The van der Waals surface area contributed by atoms with Crippen LogP contribution in [-0.2, 0) is 0 Å². The quantitative estimate of drug-likeness (QED) is 0.600. The van der Waals surface area contributed by atoms with Gasteiger partial charge in [0.1, 0.15) is 13.2 Å². The Labute approximate surface area is 136 Å². The molecule has 0 bridgehead atoms. The summed E-state index contributed by atoms with van der Waals surface area (Å²) in [6.07, 6.45) is 0. The first kappa shape index (κ1) is 13.7. The van der Waals surface area contributed by atoms with Crippen molar-refractivity contribution in [1.82, 2.24) is 0 Å². The third-order valence-electron chi connectivity index (χ3n) is 2.81. The van der Waals surface area contributed by atoms with Crippen LogP contribution in [-0.4, -0.2) is 13.2 Å². The van der Waals surface area contributed by atoms with Gasteiger partial charge in [0.2, 0.25) is 0 Å². The minimum absolute atomic E-state index is 0.0402. The van der Waals surface area contributed by atoms with E-state index in [9.17, 15) is 0 Å². The van der Waals surface area contributed by atoms with Gasteiger partial charge in [0.15, 0.2) is 11.5 Å². The van der Waals surface area contributed by atoms with Gasteiger partial charge >= 0.3 is 0 Å². The lowest BCUT2D eigenvalue weighted by molar-refractivity contribution is 0.171. The predicted molar refractivity (Wildman–Crippen MR) is 85.2 cm³/mol. The summed E-state index contributed by atoms with van der Waals surface area (Å²) in [6, 6.07) is 5.85. The van der Waals surface area contributed by atoms with Crippen LogP contribution in [0.25, 0.3) is 0 Å². The molecule has 2 aromatic rings. The zero-order valence-corrected chi connectivity index (χ0v) is 14.4. The van der Waals surface area contributed by atoms with E-state index in [1.54, 1.807) is 11.3 Å². The molecule has 1 aliphatic rings. The van der Waals surface area contributed by atoms with Crippen LogP contribution in [0.5, 0.6) is 11.5 Å². The Morgan fingerprint density at radius 3 is 2.47 bits per heavy atom. The number of thiophene rings is 1. The third-order valence-corrected chi connectivity index (χ3v) is 5.69. The fourth-order valence-corrected chi connectivity index (χ4v) is 4.32. The number of hydrogen-bond donors (Lipinski definition) is 0. The SMILES string of the molecule is Clc1cc2c(cc1C(Br)c1csc(Br)c1)OCCO2. The van der Waals surface area contributed by atoms with Crippen molar-refractivity contribution in [1.29, 1.82) is 0 Å². The van der Waals surface area contributed by atoms with Gasteiger partial charge in [-0.25, -0.2) is 0 Å². The van der Waals surface area contributed by atoms with Gasteiger partial charge in [0.05, 0.1) is 8.61 Å². The Balaban J connectivity index is 2.00. The van der Waals surface area contributed by atoms with E-state index in [1.807, 2.05) is 12.1 Å². The second-order valence-corrected chi connectivity index (χ2v) is 7.68. The van der Waals surface area contributed by atoms with Gasteiger partial charge < -0.3 is 9.47 Å². The molecule has 1 unspecified atom stereocenters. The first-order valence-electron chi connectivity index (χ1n) is 5.62. The van der Waals surface area contributed by atoms with E-state index < -0.39 is 0 Å². The summed E-state index contributed by atoms with van der Waals surface area (Å²) in [5, 5.41) is 2.77. The number of benzene rings is 1. The van der Waals surface area contributed by atoms with E-state index >= 15 is 0 Å². The maximum Gasteiger partial charge on any atom is 0.162 e. The predicted octanol–water partition coefficient (Wildman–Crippen LogP) is 5.42. The van der Waals surface area contributed by atoms with Crippen molar-refractivity contribution in [3.05, 3.63) is 43.5 Å². The molecule has 6 heteroatoms. The molecule has 0 spiro atoms. The molecule has 0 N–H and O–H groups in total. The molecule has 0 fully saturated rings. The molecule has 3 rings (SSSR count). The number of rotatable bonds is 2. The summed E-state index contributed by atoms with van der Waals surface area (Å²) >= 11 is 15.2. The van der Waals surface area contributed by atoms with Crippen molar-refractivity contribution in [2.24, 2.45) is 0 Å². The van der Waals surface area contributed by atoms with Crippen LogP contribution in [0, 0.1) is 0 Å². The molecule has 0 radical (unpaired) electrons. The van der Waals surface area contributed by atoms with Gasteiger partial charge in [0, 0.05) is 11.1 Å². The number of halogens is 3. The lowest BCUT2D eigenvalue weighted by Crippen LogP contribution is -2.15. The Morgan fingerprint density at radius 1 is 1.16 bits per heavy atom. The number of hydrogen-bond acceptors (Lipinski definition) is 3. The van der Waals surface area contributed by atoms with Crippen molar-refractivity contribution < 1.29 is 9.47 Å². The van der Waals surface area contributed by atoms with Crippen molar-refractivity contribution in [2.45, 2.75) is 4.83 Å². The summed E-state index contributed by atoms with van der Waals surface area (Å²) < 4.78 is 12.2. The summed E-state index contributed by atoms with van der Waals surface area (Å²) in [6.45, 7) is 1.14. The molecule has 1 aliphatic heterocycles. The van der Waals surface area contributed by atoms with Crippen molar-refractivity contribution in [3.63, 3.8) is 0 Å². The van der Waals surface area contributed by atoms with Crippen molar-refractivity contribution in [2.75, 3.05) is 13.2 Å². The van der Waals surface area contributed by atoms with Gasteiger partial charge in [-0.15, -0.1) is 11.3 Å². The second-order valence-electron chi connectivity index (χ2n) is 4.06. The highest BCUT2D eigenvalue weighted by molar-refractivity contribution is 9.11. The molecule has 0 aliphatic carbocycles. The average molecular weight is 425 g/mol. The van der Waals surface area contributed by atoms with Gasteiger partial charge in [-0.2, -0.15) is 0 Å². The van der Waals surface area contributed by atoms with Crippen molar-refractivity contribution >= 4 is 54.8 Å². The number of fused-ring (bicyclic) bond motifs is 1. The smallest absolute Gasteiger partial charge is 0.162 e. The van der Waals surface area contributed by atoms with Gasteiger partial charge in [-0.3, -0.25) is 0 Å². The standard InChI is InChI=1S/C13H9Br2ClO2S/c14-12-3-7(6-19-12)13(15)8-4-10-11(5-9(8)16)18-2-1-17-10/h3-6,13H,1-2H2. The maximum absolute atomic E-state index is 6.34. The van der Waals surface area contributed by atoms with Gasteiger partial charge in [-0.1, -0.05) is 27.5 Å². The highest BCUT2D eigenvalue weighted by atomic mass is 79.9. The van der Waals surface area contributed by atoms with Crippen LogP contribution in [0.1, 0.15) is 16.0 Å². The zero-order chi connectivity index (χ0) is 13.4. The van der Waals surface area contributed by atoms with E-state index in [1.165, 1.54) is 0 Å². The highest BCUT2D eigenvalue weighted by Crippen LogP contribution is 2.43. The molecule has 1 aromatic carbocycles. The molecule has 100 valence electrons. The lowest BCUT2D eigenvalue weighted by atomic mass is 10.1. The van der Waals surface area contributed by atoms with Crippen LogP contribution < -0.4 is 9.47 Å². The minimum atomic E-state index is 0.0402. The van der Waals surface area contributed by atoms with E-state index in [4.69, 9.17) is 21.1 Å². The fraction of sp³-hybridized carbons (Fsp3) is 0.231. The molecule has 1 atom stereocenters. The molecule has 19 heavy (non-hydrogen) atoms. The second kappa shape index (κ2) is 5.64. The molecule has 0 saturated heterocycles. The van der Waals surface area contributed by atoms with Crippen molar-refractivity contribution in [3.8, 4) is 11.5 Å². The number of alkyl halides is 1. The minimum Gasteiger partial charge on any atom is -0.486 e. The van der Waals surface area contributed by atoms with E-state index in [0.717, 1.165) is 20.7 Å². The molecule has 2 heterocycles. The highest BCUT2D eigenvalue weighted by Gasteiger charge is 2.20. The fourth-order valence-electron chi connectivity index (χ4n) is 1.91. The molecule has 1 aromatic heterocycles. The molecule has 0 saturated carbocycles. The lowest BCUT2D eigenvalue weighted by Gasteiger charge is -2.21. The van der Waals surface area contributed by atoms with E-state index in [0.29, 0.717) is 24.0 Å². The average Bonchev–Trinajstić information content (AvgIpc) is 2.84. The Morgan fingerprint density at radius 2 is 1.84 bits per heavy atom. The van der Waals surface area contributed by atoms with Gasteiger partial charge in [-0.05, 0) is 44.6 Å². The largest absolute Gasteiger partial charge is 0.486 e. The van der Waals surface area contributed by atoms with Crippen LogP contribution in [0.3, 0.4) is 0 Å². The maximum atomic E-state index is 6.34. The van der Waals surface area contributed by atoms with Crippen LogP contribution in [0.2, 0.25) is 5.02 Å². The summed E-state index contributed by atoms with van der Waals surface area (Å²) in [4.78, 5) is 0.0402. The summed E-state index contributed by atoms with van der Waals surface area (Å²) in [7, 11) is 0. The zero-order valence-electron chi connectivity index (χ0n) is 9.66. The van der Waals surface area contributed by atoms with Gasteiger partial charge in [0.25, 0.3) is 0 Å². The third kappa shape index (κ3) is 2.79. The molecular weight excluding hydrogens is 415 g/mol. The van der Waals surface area contributed by atoms with E-state index in [2.05, 4.69) is 43.3 Å². The Bertz CT molecular complexity index is 615. The molecular formula is C13H9Br2ClO2S. The van der Waals surface area contributed by atoms with E-state index in [-0.39, 0.29) is 4.83 Å². The van der Waals surface area contributed by atoms with Crippen LogP contribution >= 0.6 is 54.8 Å². The normalized spacial score (nSPS) is 15.3. The monoisotopic (exact) mass is 422 g/mol. The molecule has 2 nitrogen and oxygen atoms in total. The van der Waals surface area contributed by atoms with Crippen LogP contribution in [0.4, 0.5) is 0 Å². The first-order valence-corrected chi connectivity index (χ1v) is 8.59. The van der Waals surface area contributed by atoms with Crippen LogP contribution in [0.15, 0.2) is 27.4 Å². The molecule has 0 amide bonds. The Hall–Kier alpha value is -0.230. The summed E-state index contributed by atoms with van der Waals surface area (Å²) in [5.41, 5.74) is 2.15. The first-order chi connectivity index (χ1) is 9.15. The Kier molecular flexibility index (Phi) is 4.08.